The zero-order valence-electron chi connectivity index (χ0n) is 9.67. The lowest BCUT2D eigenvalue weighted by molar-refractivity contribution is 0.624. The molecule has 2 rings (SSSR count). The Bertz CT molecular complexity index is 630. The van der Waals surface area contributed by atoms with Crippen LogP contribution >= 0.6 is 0 Å². The maximum absolute atomic E-state index is 13.4. The van der Waals surface area contributed by atoms with Gasteiger partial charge in [-0.05, 0) is 42.8 Å². The molecule has 1 N–H and O–H groups in total. The summed E-state index contributed by atoms with van der Waals surface area (Å²) in [6.07, 6.45) is 0. The van der Waals surface area contributed by atoms with Gasteiger partial charge in [-0.3, -0.25) is 0 Å². The lowest BCUT2D eigenvalue weighted by Crippen LogP contribution is -1.95. The van der Waals surface area contributed by atoms with E-state index in [9.17, 15) is 8.78 Å². The SMILES string of the molecule is Cc1ccc(F)cc1Nc1ccc(C#N)c(F)c1. The van der Waals surface area contributed by atoms with Crippen molar-refractivity contribution in [1.29, 1.82) is 5.26 Å². The first-order chi connectivity index (χ1) is 8.60. The maximum atomic E-state index is 13.4. The van der Waals surface area contributed by atoms with Crippen LogP contribution in [0, 0.1) is 29.9 Å². The Morgan fingerprint density at radius 3 is 2.56 bits per heavy atom. The second kappa shape index (κ2) is 4.84. The number of benzene rings is 2. The van der Waals surface area contributed by atoms with Gasteiger partial charge in [0.2, 0.25) is 0 Å². The first kappa shape index (κ1) is 12.1. The summed E-state index contributed by atoms with van der Waals surface area (Å²) in [5, 5.41) is 11.5. The van der Waals surface area contributed by atoms with Gasteiger partial charge in [0, 0.05) is 11.4 Å². The normalized spacial score (nSPS) is 9.89. The van der Waals surface area contributed by atoms with Crippen molar-refractivity contribution in [3.05, 3.63) is 59.2 Å². The molecule has 0 spiro atoms. The van der Waals surface area contributed by atoms with E-state index in [1.54, 1.807) is 18.2 Å². The van der Waals surface area contributed by atoms with E-state index < -0.39 is 5.82 Å². The van der Waals surface area contributed by atoms with Crippen LogP contribution in [0.4, 0.5) is 20.2 Å². The maximum Gasteiger partial charge on any atom is 0.143 e. The van der Waals surface area contributed by atoms with Crippen molar-refractivity contribution in [2.45, 2.75) is 6.92 Å². The summed E-state index contributed by atoms with van der Waals surface area (Å²) in [6.45, 7) is 1.82. The topological polar surface area (TPSA) is 35.8 Å². The average molecular weight is 244 g/mol. The second-order valence-electron chi connectivity index (χ2n) is 3.89. The number of nitriles is 1. The molecule has 18 heavy (non-hydrogen) atoms. The van der Waals surface area contributed by atoms with Crippen molar-refractivity contribution < 1.29 is 8.78 Å². The third kappa shape index (κ3) is 2.46. The highest BCUT2D eigenvalue weighted by molar-refractivity contribution is 5.63. The lowest BCUT2D eigenvalue weighted by atomic mass is 10.1. The van der Waals surface area contributed by atoms with E-state index >= 15 is 0 Å². The van der Waals surface area contributed by atoms with Crippen molar-refractivity contribution in [1.82, 2.24) is 0 Å². The summed E-state index contributed by atoms with van der Waals surface area (Å²) in [5.41, 5.74) is 1.87. The third-order valence-corrected chi connectivity index (χ3v) is 2.57. The molecule has 0 aliphatic rings. The number of hydrogen-bond donors (Lipinski definition) is 1. The van der Waals surface area contributed by atoms with Crippen LogP contribution in [-0.4, -0.2) is 0 Å². The molecular weight excluding hydrogens is 234 g/mol. The molecule has 0 bridgehead atoms. The summed E-state index contributed by atoms with van der Waals surface area (Å²) in [7, 11) is 0. The fraction of sp³-hybridized carbons (Fsp3) is 0.0714. The molecule has 2 aromatic rings. The number of rotatable bonds is 2. The summed E-state index contributed by atoms with van der Waals surface area (Å²) in [6, 6.07) is 10.2. The predicted octanol–water partition coefficient (Wildman–Crippen LogP) is 3.89. The highest BCUT2D eigenvalue weighted by atomic mass is 19.1. The van der Waals surface area contributed by atoms with Gasteiger partial charge in [0.1, 0.15) is 17.7 Å². The standard InChI is InChI=1S/C14H10F2N2/c1-9-2-4-11(15)6-14(9)18-12-5-3-10(8-17)13(16)7-12/h2-7,18H,1H3. The Morgan fingerprint density at radius 2 is 1.89 bits per heavy atom. The highest BCUT2D eigenvalue weighted by Gasteiger charge is 2.05. The molecule has 0 saturated carbocycles. The van der Waals surface area contributed by atoms with Crippen molar-refractivity contribution in [3.63, 3.8) is 0 Å². The predicted molar refractivity (Wildman–Crippen MR) is 65.5 cm³/mol. The van der Waals surface area contributed by atoms with Crippen LogP contribution in [0.1, 0.15) is 11.1 Å². The molecule has 0 atom stereocenters. The first-order valence-corrected chi connectivity index (χ1v) is 5.33. The van der Waals surface area contributed by atoms with Crippen molar-refractivity contribution >= 4 is 11.4 Å². The van der Waals surface area contributed by atoms with Crippen LogP contribution < -0.4 is 5.32 Å². The molecular formula is C14H10F2N2. The van der Waals surface area contributed by atoms with Gasteiger partial charge in [0.05, 0.1) is 5.56 Å². The van der Waals surface area contributed by atoms with Crippen LogP contribution in [0.15, 0.2) is 36.4 Å². The Morgan fingerprint density at radius 1 is 1.11 bits per heavy atom. The van der Waals surface area contributed by atoms with E-state index in [1.165, 1.54) is 24.3 Å². The van der Waals surface area contributed by atoms with Crippen LogP contribution in [0.2, 0.25) is 0 Å². The molecule has 0 heterocycles. The van der Waals surface area contributed by atoms with Gasteiger partial charge < -0.3 is 5.32 Å². The van der Waals surface area contributed by atoms with E-state index in [-0.39, 0.29) is 11.4 Å². The van der Waals surface area contributed by atoms with Crippen molar-refractivity contribution in [2.75, 3.05) is 5.32 Å². The number of nitrogens with one attached hydrogen (secondary N) is 1. The number of halogens is 2. The van der Waals surface area contributed by atoms with Crippen LogP contribution in [0.3, 0.4) is 0 Å². The molecule has 2 nitrogen and oxygen atoms in total. The smallest absolute Gasteiger partial charge is 0.143 e. The summed E-state index contributed by atoms with van der Waals surface area (Å²) >= 11 is 0. The minimum Gasteiger partial charge on any atom is -0.355 e. The molecule has 0 unspecified atom stereocenters. The van der Waals surface area contributed by atoms with Crippen molar-refractivity contribution in [2.24, 2.45) is 0 Å². The lowest BCUT2D eigenvalue weighted by Gasteiger charge is -2.10. The molecule has 2 aromatic carbocycles. The molecule has 0 aromatic heterocycles. The zero-order chi connectivity index (χ0) is 13.1. The number of hydrogen-bond acceptors (Lipinski definition) is 2. The van der Waals surface area contributed by atoms with Gasteiger partial charge >= 0.3 is 0 Å². The molecule has 0 radical (unpaired) electrons. The van der Waals surface area contributed by atoms with Crippen LogP contribution in [0.5, 0.6) is 0 Å². The van der Waals surface area contributed by atoms with Crippen LogP contribution in [0.25, 0.3) is 0 Å². The summed E-state index contributed by atoms with van der Waals surface area (Å²) in [4.78, 5) is 0. The van der Waals surface area contributed by atoms with Gasteiger partial charge in [0.15, 0.2) is 0 Å². The van der Waals surface area contributed by atoms with E-state index in [4.69, 9.17) is 5.26 Å². The van der Waals surface area contributed by atoms with Gasteiger partial charge in [-0.2, -0.15) is 5.26 Å². The molecule has 0 fully saturated rings. The zero-order valence-corrected chi connectivity index (χ0v) is 9.67. The largest absolute Gasteiger partial charge is 0.355 e. The number of aryl methyl sites for hydroxylation is 1. The van der Waals surface area contributed by atoms with Gasteiger partial charge in [-0.1, -0.05) is 6.07 Å². The minimum absolute atomic E-state index is 0.0171. The van der Waals surface area contributed by atoms with E-state index in [0.717, 1.165) is 5.56 Å². The Labute approximate surface area is 103 Å². The van der Waals surface area contributed by atoms with E-state index in [0.29, 0.717) is 11.4 Å². The van der Waals surface area contributed by atoms with Crippen LogP contribution in [-0.2, 0) is 0 Å². The Kier molecular flexibility index (Phi) is 3.24. The molecule has 90 valence electrons. The van der Waals surface area contributed by atoms with E-state index in [2.05, 4.69) is 5.32 Å². The highest BCUT2D eigenvalue weighted by Crippen LogP contribution is 2.22. The molecule has 4 heteroatoms. The van der Waals surface area contributed by atoms with Gasteiger partial charge in [-0.15, -0.1) is 0 Å². The first-order valence-electron chi connectivity index (χ1n) is 5.33. The Hall–Kier alpha value is -2.41. The minimum atomic E-state index is -0.600. The second-order valence-corrected chi connectivity index (χ2v) is 3.89. The molecule has 0 saturated heterocycles. The van der Waals surface area contributed by atoms with Crippen molar-refractivity contribution in [3.8, 4) is 6.07 Å². The summed E-state index contributed by atoms with van der Waals surface area (Å²) in [5.74, 6) is -0.964. The molecule has 0 amide bonds. The Balaban J connectivity index is 2.32. The molecule has 0 aliphatic carbocycles. The average Bonchev–Trinajstić information content (AvgIpc) is 2.34. The van der Waals surface area contributed by atoms with E-state index in [1.807, 2.05) is 6.92 Å². The number of nitrogens with zero attached hydrogens (tertiary/aromatic N) is 1. The summed E-state index contributed by atoms with van der Waals surface area (Å²) < 4.78 is 26.5. The monoisotopic (exact) mass is 244 g/mol. The number of anilines is 2. The van der Waals surface area contributed by atoms with Gasteiger partial charge in [0.25, 0.3) is 0 Å². The molecule has 0 aliphatic heterocycles. The fourth-order valence-electron chi connectivity index (χ4n) is 1.57. The fourth-order valence-corrected chi connectivity index (χ4v) is 1.57. The quantitative estimate of drug-likeness (QED) is 0.869. The third-order valence-electron chi connectivity index (χ3n) is 2.57. The van der Waals surface area contributed by atoms with Gasteiger partial charge in [-0.25, -0.2) is 8.78 Å².